The van der Waals surface area contributed by atoms with Crippen LogP contribution in [0.25, 0.3) is 165 Å². The van der Waals surface area contributed by atoms with Crippen molar-refractivity contribution in [2.24, 2.45) is 0 Å². The second-order valence-corrected chi connectivity index (χ2v) is 28.9. The molecule has 0 spiro atoms. The van der Waals surface area contributed by atoms with Gasteiger partial charge in [-0.3, -0.25) is 0 Å². The standard InChI is InChI=1S/C96H74/c1-57(2)59-33-37-61(38-34-59)62-39-43-64(44-40-62)89-73-21-9-11-23-75(73)91(76-24-12-10-22-74(76)89)67-47-51-71-69-49-45-65(53-85(69)95(5,6)87(71)55-67)66-46-50-70-72-52-48-68(56-88(72)96(7,8)86(70)54-66)92-79-27-15-19-31-83(79)94(84-32-20-16-28-80(84)92)93-81-29-17-13-25-77(81)90(78-26-14-18-30-82(78)93)63-41-35-60(36-42-63)58(3)4/h9-58H,1-8H3. The first kappa shape index (κ1) is 57.7. The molecule has 16 aromatic carbocycles. The van der Waals surface area contributed by atoms with Crippen molar-refractivity contribution < 1.29 is 0 Å². The SMILES string of the molecule is CC(C)c1ccc(-c2ccc(-c3c4ccccc4c(-c4ccc5c(c4)C(C)(C)c4cc(-c6ccc7c(c6)C(C)(C)c6cc(-c8c9ccccc9c(-c9c%10ccccc%10c(-c%10ccc(C(C)C)cc%10)c%10ccccc9%10)c9ccccc89)ccc6-7)ccc4-5)c4ccccc34)cc2)cc1. The van der Waals surface area contributed by atoms with E-state index < -0.39 is 0 Å². The first-order chi connectivity index (χ1) is 46.8. The van der Waals surface area contributed by atoms with Gasteiger partial charge in [-0.25, -0.2) is 0 Å². The van der Waals surface area contributed by atoms with Crippen molar-refractivity contribution in [2.75, 3.05) is 0 Å². The monoisotopic (exact) mass is 1230 g/mol. The Morgan fingerprint density at radius 2 is 0.375 bits per heavy atom. The van der Waals surface area contributed by atoms with E-state index in [-0.39, 0.29) is 10.8 Å². The zero-order valence-electron chi connectivity index (χ0n) is 55.9. The van der Waals surface area contributed by atoms with Crippen LogP contribution in [0, 0.1) is 0 Å². The highest BCUT2D eigenvalue weighted by molar-refractivity contribution is 6.30. The predicted molar refractivity (Wildman–Crippen MR) is 413 cm³/mol. The van der Waals surface area contributed by atoms with Gasteiger partial charge in [0, 0.05) is 10.8 Å². The van der Waals surface area contributed by atoms with E-state index >= 15 is 0 Å². The summed E-state index contributed by atoms with van der Waals surface area (Å²) in [5.41, 5.74) is 30.7. The lowest BCUT2D eigenvalue weighted by molar-refractivity contribution is 0.660. The number of hydrogen-bond donors (Lipinski definition) is 0. The van der Waals surface area contributed by atoms with Crippen molar-refractivity contribution in [3.05, 3.63) is 325 Å². The van der Waals surface area contributed by atoms with Crippen LogP contribution in [0.2, 0.25) is 0 Å². The summed E-state index contributed by atoms with van der Waals surface area (Å²) in [7, 11) is 0. The summed E-state index contributed by atoms with van der Waals surface area (Å²) in [4.78, 5) is 0. The van der Waals surface area contributed by atoms with Gasteiger partial charge in [0.1, 0.15) is 0 Å². The maximum atomic E-state index is 2.53. The van der Waals surface area contributed by atoms with Crippen LogP contribution in [-0.4, -0.2) is 0 Å². The molecule has 0 aromatic heterocycles. The molecule has 0 heterocycles. The molecule has 0 heteroatoms. The van der Waals surface area contributed by atoms with Crippen molar-refractivity contribution in [3.8, 4) is 100 Å². The summed E-state index contributed by atoms with van der Waals surface area (Å²) in [6.07, 6.45) is 0. The molecule has 0 amide bonds. The lowest BCUT2D eigenvalue weighted by Crippen LogP contribution is -2.15. The lowest BCUT2D eigenvalue weighted by Gasteiger charge is -2.24. The quantitative estimate of drug-likeness (QED) is 0.126. The third kappa shape index (κ3) is 8.74. The van der Waals surface area contributed by atoms with Gasteiger partial charge in [-0.15, -0.1) is 0 Å². The largest absolute Gasteiger partial charge is 0.0616 e. The van der Waals surface area contributed by atoms with Gasteiger partial charge in [0.25, 0.3) is 0 Å². The third-order valence-corrected chi connectivity index (χ3v) is 22.3. The Morgan fingerprint density at radius 1 is 0.188 bits per heavy atom. The average molecular weight is 1230 g/mol. The van der Waals surface area contributed by atoms with Gasteiger partial charge in [0.2, 0.25) is 0 Å². The molecule has 0 fully saturated rings. The minimum absolute atomic E-state index is 0.235. The number of hydrogen-bond acceptors (Lipinski definition) is 0. The first-order valence-corrected chi connectivity index (χ1v) is 34.5. The van der Waals surface area contributed by atoms with Crippen molar-refractivity contribution in [3.63, 3.8) is 0 Å². The van der Waals surface area contributed by atoms with E-state index in [0.717, 1.165) is 0 Å². The molecule has 0 aliphatic heterocycles. The smallest absolute Gasteiger partial charge is 0.0159 e. The van der Waals surface area contributed by atoms with Crippen molar-refractivity contribution in [2.45, 2.75) is 78.1 Å². The second kappa shape index (κ2) is 21.8. The third-order valence-electron chi connectivity index (χ3n) is 22.3. The Labute approximate surface area is 563 Å². The normalized spacial score (nSPS) is 13.6. The Bertz CT molecular complexity index is 5740. The highest BCUT2D eigenvalue weighted by atomic mass is 14.4. The topological polar surface area (TPSA) is 0 Å². The summed E-state index contributed by atoms with van der Waals surface area (Å²) >= 11 is 0. The summed E-state index contributed by atoms with van der Waals surface area (Å²) in [5, 5.41) is 15.2. The number of fused-ring (bicyclic) bond motifs is 12. The highest BCUT2D eigenvalue weighted by Crippen LogP contribution is 2.56. The van der Waals surface area contributed by atoms with Crippen molar-refractivity contribution in [1.29, 1.82) is 0 Å². The van der Waals surface area contributed by atoms with Gasteiger partial charge in [-0.05, 0) is 234 Å². The van der Waals surface area contributed by atoms with Crippen molar-refractivity contribution >= 4 is 64.6 Å². The summed E-state index contributed by atoms with van der Waals surface area (Å²) < 4.78 is 0. The van der Waals surface area contributed by atoms with Crippen LogP contribution >= 0.6 is 0 Å². The van der Waals surface area contributed by atoms with Gasteiger partial charge >= 0.3 is 0 Å². The Hall–Kier alpha value is -10.9. The van der Waals surface area contributed by atoms with Crippen LogP contribution in [0.15, 0.2) is 291 Å². The number of benzene rings is 16. The molecule has 0 N–H and O–H groups in total. The lowest BCUT2D eigenvalue weighted by atomic mass is 9.78. The minimum atomic E-state index is -0.253. The summed E-state index contributed by atoms with van der Waals surface area (Å²) in [6.45, 7) is 18.8. The van der Waals surface area contributed by atoms with E-state index in [1.165, 1.54) is 198 Å². The van der Waals surface area contributed by atoms with Crippen LogP contribution in [0.1, 0.15) is 101 Å². The van der Waals surface area contributed by atoms with E-state index in [2.05, 4.69) is 347 Å². The molecule has 0 bridgehead atoms. The second-order valence-electron chi connectivity index (χ2n) is 28.9. The highest BCUT2D eigenvalue weighted by Gasteiger charge is 2.39. The minimum Gasteiger partial charge on any atom is -0.0616 e. The molecule has 2 aliphatic rings. The molecule has 96 heavy (non-hydrogen) atoms. The maximum Gasteiger partial charge on any atom is 0.0159 e. The van der Waals surface area contributed by atoms with Gasteiger partial charge in [0.05, 0.1) is 0 Å². The molecule has 0 saturated heterocycles. The molecule has 0 atom stereocenters. The molecule has 2 aliphatic carbocycles. The van der Waals surface area contributed by atoms with E-state index in [1.54, 1.807) is 0 Å². The molecule has 458 valence electrons. The molecular formula is C96H74. The Kier molecular flexibility index (Phi) is 13.1. The molecule has 16 aromatic rings. The van der Waals surface area contributed by atoms with E-state index in [1.807, 2.05) is 0 Å². The van der Waals surface area contributed by atoms with Gasteiger partial charge < -0.3 is 0 Å². The summed E-state index contributed by atoms with van der Waals surface area (Å²) in [6, 6.07) is 111. The fraction of sp³-hybridized carbons (Fsp3) is 0.125. The zero-order valence-corrected chi connectivity index (χ0v) is 55.9. The molecule has 0 nitrogen and oxygen atoms in total. The van der Waals surface area contributed by atoms with E-state index in [4.69, 9.17) is 0 Å². The Balaban J connectivity index is 0.693. The summed E-state index contributed by atoms with van der Waals surface area (Å²) in [5.74, 6) is 0.978. The molecular weight excluding hydrogens is 1150 g/mol. The zero-order chi connectivity index (χ0) is 64.9. The molecule has 18 rings (SSSR count). The van der Waals surface area contributed by atoms with Crippen molar-refractivity contribution in [1.82, 2.24) is 0 Å². The fourth-order valence-corrected chi connectivity index (χ4v) is 17.2. The molecule has 0 saturated carbocycles. The predicted octanol–water partition coefficient (Wildman–Crippen LogP) is 27.1. The average Bonchev–Trinajstić information content (AvgIpc) is 1.42. The van der Waals surface area contributed by atoms with Crippen LogP contribution in [0.4, 0.5) is 0 Å². The van der Waals surface area contributed by atoms with Gasteiger partial charge in [0.15, 0.2) is 0 Å². The van der Waals surface area contributed by atoms with E-state index in [0.29, 0.717) is 11.8 Å². The maximum absolute atomic E-state index is 2.53. The van der Waals surface area contributed by atoms with Gasteiger partial charge in [-0.2, -0.15) is 0 Å². The van der Waals surface area contributed by atoms with Crippen LogP contribution < -0.4 is 0 Å². The number of rotatable bonds is 9. The Morgan fingerprint density at radius 3 is 0.635 bits per heavy atom. The van der Waals surface area contributed by atoms with Crippen LogP contribution in [-0.2, 0) is 10.8 Å². The molecule has 0 unspecified atom stereocenters. The fourth-order valence-electron chi connectivity index (χ4n) is 17.2. The van der Waals surface area contributed by atoms with Gasteiger partial charge in [-0.1, -0.05) is 322 Å². The van der Waals surface area contributed by atoms with Crippen LogP contribution in [0.5, 0.6) is 0 Å². The van der Waals surface area contributed by atoms with E-state index in [9.17, 15) is 0 Å². The first-order valence-electron chi connectivity index (χ1n) is 34.5. The van der Waals surface area contributed by atoms with Crippen LogP contribution in [0.3, 0.4) is 0 Å². The molecule has 0 radical (unpaired) electrons.